The summed E-state index contributed by atoms with van der Waals surface area (Å²) in [6, 6.07) is 19.7. The van der Waals surface area contributed by atoms with Crippen LogP contribution in [0.1, 0.15) is 28.3 Å². The molecular formula is C25H25FN2O3. The monoisotopic (exact) mass is 420 g/mol. The molecule has 160 valence electrons. The average molecular weight is 420 g/mol. The number of amides is 2. The van der Waals surface area contributed by atoms with Crippen molar-refractivity contribution in [2.24, 2.45) is 0 Å². The molecule has 3 aromatic carbocycles. The van der Waals surface area contributed by atoms with Crippen LogP contribution >= 0.6 is 0 Å². The Bertz CT molecular complexity index is 1070. The van der Waals surface area contributed by atoms with E-state index in [2.05, 4.69) is 5.32 Å². The van der Waals surface area contributed by atoms with E-state index < -0.39 is 0 Å². The molecule has 4 rings (SSSR count). The van der Waals surface area contributed by atoms with Gasteiger partial charge in [0.05, 0.1) is 20.3 Å². The first-order valence-electron chi connectivity index (χ1n) is 10.2. The molecule has 1 heterocycles. The Morgan fingerprint density at radius 2 is 1.77 bits per heavy atom. The van der Waals surface area contributed by atoms with E-state index in [1.807, 2.05) is 47.4 Å². The van der Waals surface area contributed by atoms with E-state index in [0.29, 0.717) is 30.0 Å². The van der Waals surface area contributed by atoms with Crippen LogP contribution in [-0.4, -0.2) is 31.7 Å². The van der Waals surface area contributed by atoms with Gasteiger partial charge in [-0.1, -0.05) is 42.5 Å². The van der Waals surface area contributed by atoms with Gasteiger partial charge in [0.1, 0.15) is 5.82 Å². The summed E-state index contributed by atoms with van der Waals surface area (Å²) in [6.45, 7) is 0.810. The van der Waals surface area contributed by atoms with Crippen molar-refractivity contribution in [3.05, 3.63) is 94.8 Å². The largest absolute Gasteiger partial charge is 0.493 e. The molecule has 2 amide bonds. The highest BCUT2D eigenvalue weighted by molar-refractivity contribution is 5.76. The summed E-state index contributed by atoms with van der Waals surface area (Å²) in [5.74, 6) is 0.989. The van der Waals surface area contributed by atoms with Gasteiger partial charge in [-0.05, 0) is 52.9 Å². The van der Waals surface area contributed by atoms with Crippen LogP contribution in [0.25, 0.3) is 0 Å². The van der Waals surface area contributed by atoms with Crippen LogP contribution in [0.2, 0.25) is 0 Å². The third kappa shape index (κ3) is 4.33. The minimum Gasteiger partial charge on any atom is -0.493 e. The topological polar surface area (TPSA) is 50.8 Å². The number of nitrogens with zero attached hydrogens (tertiary/aromatic N) is 1. The van der Waals surface area contributed by atoms with E-state index in [1.165, 1.54) is 12.1 Å². The second-order valence-corrected chi connectivity index (χ2v) is 7.45. The van der Waals surface area contributed by atoms with Gasteiger partial charge in [-0.15, -0.1) is 0 Å². The van der Waals surface area contributed by atoms with Crippen LogP contribution in [0.4, 0.5) is 9.18 Å². The minimum atomic E-state index is -0.318. The van der Waals surface area contributed by atoms with Crippen molar-refractivity contribution in [2.45, 2.75) is 19.0 Å². The Balaban J connectivity index is 1.67. The Kier molecular flexibility index (Phi) is 6.07. The molecule has 3 aromatic rings. The Morgan fingerprint density at radius 1 is 1.03 bits per heavy atom. The van der Waals surface area contributed by atoms with Crippen molar-refractivity contribution in [1.82, 2.24) is 10.2 Å². The van der Waals surface area contributed by atoms with Crippen LogP contribution < -0.4 is 14.8 Å². The molecule has 0 saturated heterocycles. The first-order valence-corrected chi connectivity index (χ1v) is 10.2. The number of nitrogens with one attached hydrogen (secondary N) is 1. The maximum Gasteiger partial charge on any atom is 0.318 e. The van der Waals surface area contributed by atoms with Crippen molar-refractivity contribution < 1.29 is 18.7 Å². The number of carbonyl (C=O) groups excluding carboxylic acids is 1. The van der Waals surface area contributed by atoms with Crippen LogP contribution in [0, 0.1) is 5.82 Å². The number of rotatable bonds is 5. The van der Waals surface area contributed by atoms with Gasteiger partial charge in [0.25, 0.3) is 0 Å². The molecule has 0 bridgehead atoms. The zero-order valence-electron chi connectivity index (χ0n) is 17.6. The number of hydrogen-bond acceptors (Lipinski definition) is 3. The number of urea groups is 1. The molecule has 1 aliphatic rings. The van der Waals surface area contributed by atoms with Gasteiger partial charge in [0.15, 0.2) is 11.5 Å². The molecule has 1 atom stereocenters. The molecule has 1 aliphatic heterocycles. The second kappa shape index (κ2) is 9.08. The third-order valence-electron chi connectivity index (χ3n) is 5.58. The van der Waals surface area contributed by atoms with Crippen molar-refractivity contribution in [1.29, 1.82) is 0 Å². The molecule has 1 unspecified atom stereocenters. The third-order valence-corrected chi connectivity index (χ3v) is 5.58. The molecule has 5 nitrogen and oxygen atoms in total. The fourth-order valence-corrected chi connectivity index (χ4v) is 4.09. The second-order valence-electron chi connectivity index (χ2n) is 7.45. The zero-order chi connectivity index (χ0) is 21.8. The fourth-order valence-electron chi connectivity index (χ4n) is 4.09. The van der Waals surface area contributed by atoms with Crippen LogP contribution in [-0.2, 0) is 13.0 Å². The van der Waals surface area contributed by atoms with Crippen LogP contribution in [0.5, 0.6) is 11.5 Å². The predicted molar refractivity (Wildman–Crippen MR) is 117 cm³/mol. The lowest BCUT2D eigenvalue weighted by Gasteiger charge is -2.38. The Hall–Kier alpha value is -3.54. The molecule has 31 heavy (non-hydrogen) atoms. The minimum absolute atomic E-state index is 0.196. The van der Waals surface area contributed by atoms with E-state index in [1.54, 1.807) is 26.4 Å². The summed E-state index contributed by atoms with van der Waals surface area (Å²) in [5, 5.41) is 2.94. The van der Waals surface area contributed by atoms with Gasteiger partial charge in [0, 0.05) is 13.1 Å². The smallest absolute Gasteiger partial charge is 0.318 e. The van der Waals surface area contributed by atoms with Gasteiger partial charge >= 0.3 is 6.03 Å². The number of ether oxygens (including phenoxy) is 2. The highest BCUT2D eigenvalue weighted by Crippen LogP contribution is 2.41. The lowest BCUT2D eigenvalue weighted by atomic mass is 9.88. The van der Waals surface area contributed by atoms with Gasteiger partial charge in [0.2, 0.25) is 0 Å². The van der Waals surface area contributed by atoms with Crippen molar-refractivity contribution in [3.63, 3.8) is 0 Å². The highest BCUT2D eigenvalue weighted by atomic mass is 19.1. The average Bonchev–Trinajstić information content (AvgIpc) is 2.81. The van der Waals surface area contributed by atoms with E-state index in [0.717, 1.165) is 16.7 Å². The molecule has 6 heteroatoms. The highest BCUT2D eigenvalue weighted by Gasteiger charge is 2.33. The van der Waals surface area contributed by atoms with E-state index in [4.69, 9.17) is 9.47 Å². The predicted octanol–water partition coefficient (Wildman–Crippen LogP) is 4.70. The van der Waals surface area contributed by atoms with Crippen molar-refractivity contribution in [2.75, 3.05) is 20.8 Å². The van der Waals surface area contributed by atoms with Crippen molar-refractivity contribution >= 4 is 6.03 Å². The Labute approximate surface area is 181 Å². The number of fused-ring (bicyclic) bond motifs is 1. The van der Waals surface area contributed by atoms with Gasteiger partial charge in [-0.25, -0.2) is 9.18 Å². The number of methoxy groups -OCH3 is 2. The lowest BCUT2D eigenvalue weighted by Crippen LogP contribution is -2.45. The molecule has 0 aromatic heterocycles. The molecule has 0 fully saturated rings. The van der Waals surface area contributed by atoms with E-state index in [9.17, 15) is 9.18 Å². The number of carbonyl (C=O) groups is 1. The van der Waals surface area contributed by atoms with Gasteiger partial charge in [-0.2, -0.15) is 0 Å². The standard InChI is InChI=1S/C25H25FN2O3/c1-30-22-14-19-11-12-28(25(29)27-16-17-7-6-10-20(26)13-17)24(18-8-4-3-5-9-18)21(19)15-23(22)31-2/h3-10,13-15,24H,11-12,16H2,1-2H3,(H,27,29). The van der Waals surface area contributed by atoms with Crippen molar-refractivity contribution in [3.8, 4) is 11.5 Å². The molecule has 0 aliphatic carbocycles. The summed E-state index contributed by atoms with van der Waals surface area (Å²) in [5.41, 5.74) is 3.86. The van der Waals surface area contributed by atoms with E-state index >= 15 is 0 Å². The van der Waals surface area contributed by atoms with Crippen LogP contribution in [0.15, 0.2) is 66.7 Å². The SMILES string of the molecule is COc1cc2c(cc1OC)C(c1ccccc1)N(C(=O)NCc1cccc(F)c1)CC2. The van der Waals surface area contributed by atoms with Crippen LogP contribution in [0.3, 0.4) is 0 Å². The molecule has 0 radical (unpaired) electrons. The summed E-state index contributed by atoms with van der Waals surface area (Å²) in [7, 11) is 3.22. The zero-order valence-corrected chi connectivity index (χ0v) is 17.6. The molecule has 1 N–H and O–H groups in total. The number of hydrogen-bond donors (Lipinski definition) is 1. The summed E-state index contributed by atoms with van der Waals surface area (Å²) >= 11 is 0. The Morgan fingerprint density at radius 3 is 2.48 bits per heavy atom. The number of halogens is 1. The lowest BCUT2D eigenvalue weighted by molar-refractivity contribution is 0.179. The maximum absolute atomic E-state index is 13.5. The normalized spacial score (nSPS) is 15.2. The summed E-state index contributed by atoms with van der Waals surface area (Å²) in [4.78, 5) is 15.0. The van der Waals surface area contributed by atoms with Gasteiger partial charge < -0.3 is 19.7 Å². The number of benzene rings is 3. The first-order chi connectivity index (χ1) is 15.1. The quantitative estimate of drug-likeness (QED) is 0.651. The molecule has 0 spiro atoms. The van der Waals surface area contributed by atoms with E-state index in [-0.39, 0.29) is 24.4 Å². The van der Waals surface area contributed by atoms with Gasteiger partial charge in [-0.3, -0.25) is 0 Å². The summed E-state index contributed by atoms with van der Waals surface area (Å²) in [6.07, 6.45) is 0.701. The fraction of sp³-hybridized carbons (Fsp3) is 0.240. The first kappa shape index (κ1) is 20.7. The summed E-state index contributed by atoms with van der Waals surface area (Å²) < 4.78 is 24.5. The molecular weight excluding hydrogens is 395 g/mol. The maximum atomic E-state index is 13.5. The molecule has 0 saturated carbocycles.